The van der Waals surface area contributed by atoms with Crippen LogP contribution in [0.15, 0.2) is 54.7 Å². The van der Waals surface area contributed by atoms with Gasteiger partial charge in [0.25, 0.3) is 0 Å². The van der Waals surface area contributed by atoms with Gasteiger partial charge in [-0.2, -0.15) is 0 Å². The van der Waals surface area contributed by atoms with Gasteiger partial charge in [0.15, 0.2) is 0 Å². The van der Waals surface area contributed by atoms with Gasteiger partial charge in [0.1, 0.15) is 11.8 Å². The molecule has 154 valence electrons. The lowest BCUT2D eigenvalue weighted by Gasteiger charge is -2.43. The first-order valence-corrected chi connectivity index (χ1v) is 10.1. The van der Waals surface area contributed by atoms with E-state index in [9.17, 15) is 14.7 Å². The summed E-state index contributed by atoms with van der Waals surface area (Å²) in [5.74, 6) is 0.104. The molecule has 1 aliphatic rings. The van der Waals surface area contributed by atoms with Crippen LogP contribution in [0, 0.1) is 6.92 Å². The standard InChI is InChI=1S/C24H25N3O3/c1-16-5-8-19(23-21(16)4-3-11-25-23)14-26-13-17(2)27(15-28)22(24(26)30)12-18-6-9-20(29)10-7-18/h3-11,15,17,22,29H,12-14H2,1-2H3/t17?,22-/m0/s1. The summed E-state index contributed by atoms with van der Waals surface area (Å²) >= 11 is 0. The molecule has 4 rings (SSSR count). The van der Waals surface area contributed by atoms with Gasteiger partial charge in [0.2, 0.25) is 12.3 Å². The maximum Gasteiger partial charge on any atom is 0.246 e. The quantitative estimate of drug-likeness (QED) is 0.665. The largest absolute Gasteiger partial charge is 0.508 e. The number of rotatable bonds is 5. The summed E-state index contributed by atoms with van der Waals surface area (Å²) in [6.07, 6.45) is 2.95. The van der Waals surface area contributed by atoms with E-state index < -0.39 is 6.04 Å². The van der Waals surface area contributed by atoms with Crippen LogP contribution in [-0.2, 0) is 22.6 Å². The number of hydrogen-bond donors (Lipinski definition) is 1. The second kappa shape index (κ2) is 8.14. The van der Waals surface area contributed by atoms with Crippen LogP contribution in [-0.4, -0.2) is 50.8 Å². The van der Waals surface area contributed by atoms with Crippen molar-refractivity contribution in [3.05, 3.63) is 71.4 Å². The van der Waals surface area contributed by atoms with E-state index in [0.29, 0.717) is 19.5 Å². The summed E-state index contributed by atoms with van der Waals surface area (Å²) in [6, 6.07) is 14.2. The number of benzene rings is 2. The van der Waals surface area contributed by atoms with Gasteiger partial charge in [0, 0.05) is 37.1 Å². The highest BCUT2D eigenvalue weighted by molar-refractivity contribution is 5.87. The van der Waals surface area contributed by atoms with Crippen LogP contribution < -0.4 is 0 Å². The highest BCUT2D eigenvalue weighted by atomic mass is 16.3. The van der Waals surface area contributed by atoms with Gasteiger partial charge in [-0.3, -0.25) is 14.6 Å². The molecule has 1 saturated heterocycles. The van der Waals surface area contributed by atoms with E-state index in [4.69, 9.17) is 0 Å². The molecule has 0 spiro atoms. The smallest absolute Gasteiger partial charge is 0.246 e. The SMILES string of the molecule is Cc1ccc(CN2CC(C)N(C=O)[C@@H](Cc3ccc(O)cc3)C2=O)c2ncccc12. The average Bonchev–Trinajstić information content (AvgIpc) is 2.75. The number of carbonyl (C=O) groups excluding carboxylic acids is 2. The number of phenols is 1. The molecular weight excluding hydrogens is 378 g/mol. The lowest BCUT2D eigenvalue weighted by atomic mass is 9.98. The van der Waals surface area contributed by atoms with Crippen LogP contribution in [0.2, 0.25) is 0 Å². The molecule has 2 atom stereocenters. The van der Waals surface area contributed by atoms with E-state index in [1.54, 1.807) is 35.4 Å². The van der Waals surface area contributed by atoms with Crippen molar-refractivity contribution in [1.29, 1.82) is 0 Å². The van der Waals surface area contributed by atoms with Gasteiger partial charge in [-0.15, -0.1) is 0 Å². The van der Waals surface area contributed by atoms with E-state index in [2.05, 4.69) is 18.0 Å². The molecule has 6 nitrogen and oxygen atoms in total. The third-order valence-corrected chi connectivity index (χ3v) is 5.87. The normalized spacial score (nSPS) is 19.3. The number of aromatic nitrogens is 1. The number of piperazine rings is 1. The minimum Gasteiger partial charge on any atom is -0.508 e. The molecule has 1 N–H and O–H groups in total. The first-order chi connectivity index (χ1) is 14.5. The van der Waals surface area contributed by atoms with Gasteiger partial charge in [-0.05, 0) is 48.7 Å². The van der Waals surface area contributed by atoms with Gasteiger partial charge in [0.05, 0.1) is 5.52 Å². The molecule has 2 amide bonds. The summed E-state index contributed by atoms with van der Waals surface area (Å²) < 4.78 is 0. The predicted octanol–water partition coefficient (Wildman–Crippen LogP) is 3.05. The van der Waals surface area contributed by atoms with E-state index in [1.807, 2.05) is 30.0 Å². The number of aryl methyl sites for hydroxylation is 1. The molecule has 3 aromatic rings. The van der Waals surface area contributed by atoms with Crippen molar-refractivity contribution in [3.8, 4) is 5.75 Å². The third-order valence-electron chi connectivity index (χ3n) is 5.87. The molecule has 0 bridgehead atoms. The molecule has 2 heterocycles. The van der Waals surface area contributed by atoms with Crippen molar-refractivity contribution >= 4 is 23.2 Å². The van der Waals surface area contributed by atoms with Crippen molar-refractivity contribution in [2.24, 2.45) is 0 Å². The Morgan fingerprint density at radius 1 is 1.17 bits per heavy atom. The van der Waals surface area contributed by atoms with Crippen LogP contribution in [0.25, 0.3) is 10.9 Å². The zero-order valence-electron chi connectivity index (χ0n) is 17.2. The van der Waals surface area contributed by atoms with Gasteiger partial charge >= 0.3 is 0 Å². The van der Waals surface area contributed by atoms with E-state index in [-0.39, 0.29) is 17.7 Å². The Kier molecular flexibility index (Phi) is 5.40. The van der Waals surface area contributed by atoms with Crippen molar-refractivity contribution in [3.63, 3.8) is 0 Å². The van der Waals surface area contributed by atoms with Gasteiger partial charge in [-0.25, -0.2) is 0 Å². The van der Waals surface area contributed by atoms with Gasteiger partial charge in [-0.1, -0.05) is 30.3 Å². The lowest BCUT2D eigenvalue weighted by molar-refractivity contribution is -0.150. The number of carbonyl (C=O) groups is 2. The van der Waals surface area contributed by atoms with Crippen molar-refractivity contribution in [2.45, 2.75) is 38.9 Å². The van der Waals surface area contributed by atoms with E-state index in [0.717, 1.165) is 34.0 Å². The monoisotopic (exact) mass is 403 g/mol. The number of nitrogens with zero attached hydrogens (tertiary/aromatic N) is 3. The lowest BCUT2D eigenvalue weighted by Crippen LogP contribution is -2.60. The Labute approximate surface area is 175 Å². The van der Waals surface area contributed by atoms with Crippen molar-refractivity contribution in [2.75, 3.05) is 6.54 Å². The molecule has 6 heteroatoms. The molecule has 2 aromatic carbocycles. The number of pyridine rings is 1. The number of hydrogen-bond acceptors (Lipinski definition) is 4. The fraction of sp³-hybridized carbons (Fsp3) is 0.292. The Morgan fingerprint density at radius 2 is 1.93 bits per heavy atom. The van der Waals surface area contributed by atoms with Gasteiger partial charge < -0.3 is 14.9 Å². The number of fused-ring (bicyclic) bond motifs is 1. The van der Waals surface area contributed by atoms with Crippen LogP contribution in [0.3, 0.4) is 0 Å². The summed E-state index contributed by atoms with van der Waals surface area (Å²) in [4.78, 5) is 33.1. The second-order valence-corrected chi connectivity index (χ2v) is 7.95. The summed E-state index contributed by atoms with van der Waals surface area (Å²) in [6.45, 7) is 4.95. The van der Waals surface area contributed by atoms with Crippen LogP contribution in [0.1, 0.15) is 23.6 Å². The first kappa shape index (κ1) is 19.9. The number of aromatic hydroxyl groups is 1. The van der Waals surface area contributed by atoms with Crippen LogP contribution >= 0.6 is 0 Å². The first-order valence-electron chi connectivity index (χ1n) is 10.1. The predicted molar refractivity (Wildman–Crippen MR) is 115 cm³/mol. The maximum atomic E-state index is 13.4. The van der Waals surface area contributed by atoms with Crippen LogP contribution in [0.5, 0.6) is 5.75 Å². The minimum absolute atomic E-state index is 0.0714. The van der Waals surface area contributed by atoms with Crippen molar-refractivity contribution in [1.82, 2.24) is 14.8 Å². The Morgan fingerprint density at radius 3 is 2.67 bits per heavy atom. The molecule has 1 aromatic heterocycles. The molecule has 0 saturated carbocycles. The summed E-state index contributed by atoms with van der Waals surface area (Å²) in [7, 11) is 0. The zero-order valence-corrected chi connectivity index (χ0v) is 17.2. The molecule has 1 fully saturated rings. The zero-order chi connectivity index (χ0) is 21.3. The minimum atomic E-state index is -0.569. The fourth-order valence-electron chi connectivity index (χ4n) is 4.22. The fourth-order valence-corrected chi connectivity index (χ4v) is 4.22. The maximum absolute atomic E-state index is 13.4. The molecule has 0 radical (unpaired) electrons. The van der Waals surface area contributed by atoms with E-state index >= 15 is 0 Å². The molecular formula is C24H25N3O3. The number of phenolic OH excluding ortho intramolecular Hbond substituents is 1. The summed E-state index contributed by atoms with van der Waals surface area (Å²) in [5, 5.41) is 10.6. The van der Waals surface area contributed by atoms with Crippen LogP contribution in [0.4, 0.5) is 0 Å². The topological polar surface area (TPSA) is 73.7 Å². The second-order valence-electron chi connectivity index (χ2n) is 7.95. The summed E-state index contributed by atoms with van der Waals surface area (Å²) in [5.41, 5.74) is 3.96. The number of amides is 2. The third kappa shape index (κ3) is 3.73. The molecule has 1 aliphatic heterocycles. The molecule has 1 unspecified atom stereocenters. The molecule has 0 aliphatic carbocycles. The Hall–Kier alpha value is -3.41. The Bertz CT molecular complexity index is 1080. The average molecular weight is 403 g/mol. The van der Waals surface area contributed by atoms with E-state index in [1.165, 1.54) is 0 Å². The highest BCUT2D eigenvalue weighted by Gasteiger charge is 2.38. The molecule has 30 heavy (non-hydrogen) atoms. The highest BCUT2D eigenvalue weighted by Crippen LogP contribution is 2.25. The van der Waals surface area contributed by atoms with Crippen molar-refractivity contribution < 1.29 is 14.7 Å². The Balaban J connectivity index is 1.63.